The summed E-state index contributed by atoms with van der Waals surface area (Å²) in [5.41, 5.74) is 0.718. The number of hydrogen-bond donors (Lipinski definition) is 2. The normalized spacial score (nSPS) is 12.1. The van der Waals surface area contributed by atoms with E-state index >= 15 is 0 Å². The lowest BCUT2D eigenvalue weighted by atomic mass is 10.0. The van der Waals surface area contributed by atoms with Crippen LogP contribution in [0.15, 0.2) is 29.8 Å². The summed E-state index contributed by atoms with van der Waals surface area (Å²) in [6.45, 7) is 1.52. The average molecular weight is 266 g/mol. The number of nitrogens with one attached hydrogen (secondary N) is 1. The van der Waals surface area contributed by atoms with Gasteiger partial charge in [-0.3, -0.25) is 4.79 Å². The van der Waals surface area contributed by atoms with Gasteiger partial charge in [0.2, 0.25) is 0 Å². The number of halogens is 1. The Bertz CT molecular complexity index is 557. The third-order valence-corrected chi connectivity index (χ3v) is 3.23. The van der Waals surface area contributed by atoms with Crippen LogP contribution in [0.2, 0.25) is 0 Å². The van der Waals surface area contributed by atoms with Crippen molar-refractivity contribution in [1.82, 2.24) is 4.98 Å². The molecule has 0 saturated carbocycles. The second-order valence-electron chi connectivity index (χ2n) is 3.76. The lowest BCUT2D eigenvalue weighted by Crippen LogP contribution is -2.08. The SMILES string of the molecule is CC(C(=O)O)c1ccc(Nc2nccs2)c(F)c1. The van der Waals surface area contributed by atoms with E-state index in [0.717, 1.165) is 0 Å². The van der Waals surface area contributed by atoms with Crippen LogP contribution in [0.25, 0.3) is 0 Å². The van der Waals surface area contributed by atoms with Crippen molar-refractivity contribution in [3.63, 3.8) is 0 Å². The van der Waals surface area contributed by atoms with E-state index < -0.39 is 17.7 Å². The summed E-state index contributed by atoms with van der Waals surface area (Å²) in [5, 5.41) is 14.1. The summed E-state index contributed by atoms with van der Waals surface area (Å²) in [5.74, 6) is -2.20. The number of benzene rings is 1. The van der Waals surface area contributed by atoms with Gasteiger partial charge in [0.25, 0.3) is 0 Å². The zero-order valence-electron chi connectivity index (χ0n) is 9.55. The highest BCUT2D eigenvalue weighted by Crippen LogP contribution is 2.25. The average Bonchev–Trinajstić information content (AvgIpc) is 2.83. The van der Waals surface area contributed by atoms with Crippen molar-refractivity contribution in [1.29, 1.82) is 0 Å². The molecule has 0 bridgehead atoms. The fourth-order valence-electron chi connectivity index (χ4n) is 1.45. The molecule has 0 amide bonds. The highest BCUT2D eigenvalue weighted by Gasteiger charge is 2.15. The zero-order chi connectivity index (χ0) is 13.1. The minimum Gasteiger partial charge on any atom is -0.481 e. The van der Waals surface area contributed by atoms with Crippen LogP contribution in [0.3, 0.4) is 0 Å². The molecule has 1 atom stereocenters. The predicted octanol–water partition coefficient (Wildman–Crippen LogP) is 3.21. The van der Waals surface area contributed by atoms with E-state index in [9.17, 15) is 9.18 Å². The number of hydrogen-bond acceptors (Lipinski definition) is 4. The van der Waals surface area contributed by atoms with Crippen LogP contribution >= 0.6 is 11.3 Å². The molecule has 2 aromatic rings. The van der Waals surface area contributed by atoms with Crippen molar-refractivity contribution in [2.45, 2.75) is 12.8 Å². The zero-order valence-corrected chi connectivity index (χ0v) is 10.4. The van der Waals surface area contributed by atoms with E-state index in [1.165, 1.54) is 30.4 Å². The number of aromatic nitrogens is 1. The van der Waals surface area contributed by atoms with Crippen molar-refractivity contribution in [3.05, 3.63) is 41.2 Å². The number of carbonyl (C=O) groups is 1. The molecule has 0 spiro atoms. The van der Waals surface area contributed by atoms with Crippen LogP contribution < -0.4 is 5.32 Å². The van der Waals surface area contributed by atoms with Crippen LogP contribution in [0.4, 0.5) is 15.2 Å². The highest BCUT2D eigenvalue weighted by atomic mass is 32.1. The quantitative estimate of drug-likeness (QED) is 0.892. The van der Waals surface area contributed by atoms with Crippen molar-refractivity contribution in [3.8, 4) is 0 Å². The summed E-state index contributed by atoms with van der Waals surface area (Å²) in [4.78, 5) is 14.8. The molecule has 1 aromatic carbocycles. The first-order valence-electron chi connectivity index (χ1n) is 5.26. The first-order valence-corrected chi connectivity index (χ1v) is 6.14. The Morgan fingerprint density at radius 3 is 2.89 bits per heavy atom. The van der Waals surface area contributed by atoms with Gasteiger partial charge in [0.05, 0.1) is 11.6 Å². The maximum Gasteiger partial charge on any atom is 0.310 e. The molecule has 1 heterocycles. The summed E-state index contributed by atoms with van der Waals surface area (Å²) < 4.78 is 13.8. The largest absolute Gasteiger partial charge is 0.481 e. The Hall–Kier alpha value is -1.95. The monoisotopic (exact) mass is 266 g/mol. The van der Waals surface area contributed by atoms with Gasteiger partial charge in [-0.15, -0.1) is 11.3 Å². The molecule has 4 nitrogen and oxygen atoms in total. The maximum atomic E-state index is 13.8. The molecule has 2 rings (SSSR count). The van der Waals surface area contributed by atoms with Gasteiger partial charge in [-0.25, -0.2) is 9.37 Å². The minimum absolute atomic E-state index is 0.284. The molecule has 0 aliphatic carbocycles. The summed E-state index contributed by atoms with van der Waals surface area (Å²) in [6, 6.07) is 4.35. The maximum absolute atomic E-state index is 13.8. The molecule has 0 saturated heterocycles. The summed E-state index contributed by atoms with van der Waals surface area (Å²) >= 11 is 1.36. The predicted molar refractivity (Wildman–Crippen MR) is 67.8 cm³/mol. The van der Waals surface area contributed by atoms with Crippen LogP contribution in [-0.2, 0) is 4.79 Å². The Labute approximate surface area is 107 Å². The van der Waals surface area contributed by atoms with Gasteiger partial charge < -0.3 is 10.4 Å². The van der Waals surface area contributed by atoms with Gasteiger partial charge in [0, 0.05) is 11.6 Å². The fraction of sp³-hybridized carbons (Fsp3) is 0.167. The van der Waals surface area contributed by atoms with Crippen molar-refractivity contribution < 1.29 is 14.3 Å². The smallest absolute Gasteiger partial charge is 0.310 e. The summed E-state index contributed by atoms with van der Waals surface area (Å²) in [7, 11) is 0. The van der Waals surface area contributed by atoms with Gasteiger partial charge in [0.15, 0.2) is 5.13 Å². The molecule has 18 heavy (non-hydrogen) atoms. The fourth-order valence-corrected chi connectivity index (χ4v) is 1.99. The first kappa shape index (κ1) is 12.5. The molecule has 0 aliphatic heterocycles. The molecule has 0 fully saturated rings. The van der Waals surface area contributed by atoms with E-state index in [4.69, 9.17) is 5.11 Å². The first-order chi connectivity index (χ1) is 8.58. The topological polar surface area (TPSA) is 62.2 Å². The Morgan fingerprint density at radius 2 is 2.33 bits per heavy atom. The number of nitrogens with zero attached hydrogens (tertiary/aromatic N) is 1. The van der Waals surface area contributed by atoms with E-state index in [1.807, 2.05) is 0 Å². The van der Waals surface area contributed by atoms with Gasteiger partial charge in [-0.2, -0.15) is 0 Å². The molecular weight excluding hydrogens is 255 g/mol. The lowest BCUT2D eigenvalue weighted by molar-refractivity contribution is -0.138. The molecule has 2 N–H and O–H groups in total. The van der Waals surface area contributed by atoms with E-state index in [2.05, 4.69) is 10.3 Å². The highest BCUT2D eigenvalue weighted by molar-refractivity contribution is 7.13. The molecule has 94 valence electrons. The standard InChI is InChI=1S/C12H11FN2O2S/c1-7(11(16)17)8-2-3-10(9(13)6-8)15-12-14-4-5-18-12/h2-7H,1H3,(H,14,15)(H,16,17). The van der Waals surface area contributed by atoms with Crippen molar-refractivity contribution in [2.75, 3.05) is 5.32 Å². The van der Waals surface area contributed by atoms with E-state index in [1.54, 1.807) is 17.6 Å². The van der Waals surface area contributed by atoms with Crippen molar-refractivity contribution in [2.24, 2.45) is 0 Å². The third kappa shape index (κ3) is 2.65. The van der Waals surface area contributed by atoms with Gasteiger partial charge in [-0.05, 0) is 24.6 Å². The third-order valence-electron chi connectivity index (χ3n) is 2.54. The van der Waals surface area contributed by atoms with Crippen LogP contribution in [0.5, 0.6) is 0 Å². The Balaban J connectivity index is 2.22. The van der Waals surface area contributed by atoms with E-state index in [0.29, 0.717) is 10.7 Å². The van der Waals surface area contributed by atoms with Crippen molar-refractivity contribution >= 4 is 28.1 Å². The number of carboxylic acids is 1. The van der Waals surface area contributed by atoms with Gasteiger partial charge in [0.1, 0.15) is 5.82 Å². The number of rotatable bonds is 4. The number of thiazole rings is 1. The Morgan fingerprint density at radius 1 is 1.56 bits per heavy atom. The molecule has 0 aliphatic rings. The second-order valence-corrected chi connectivity index (χ2v) is 4.66. The van der Waals surface area contributed by atoms with E-state index in [-0.39, 0.29) is 5.69 Å². The lowest BCUT2D eigenvalue weighted by Gasteiger charge is -2.09. The molecule has 0 radical (unpaired) electrons. The van der Waals surface area contributed by atoms with Crippen LogP contribution in [0.1, 0.15) is 18.4 Å². The molecular formula is C12H11FN2O2S. The Kier molecular flexibility index (Phi) is 3.57. The summed E-state index contributed by atoms with van der Waals surface area (Å²) in [6.07, 6.45) is 1.62. The number of carboxylic acid groups (broad SMARTS) is 1. The molecule has 6 heteroatoms. The van der Waals surface area contributed by atoms with Gasteiger partial charge in [-0.1, -0.05) is 6.07 Å². The van der Waals surface area contributed by atoms with Crippen LogP contribution in [0, 0.1) is 5.82 Å². The molecule has 1 aromatic heterocycles. The number of aliphatic carboxylic acids is 1. The second kappa shape index (κ2) is 5.14. The van der Waals surface area contributed by atoms with Gasteiger partial charge >= 0.3 is 5.97 Å². The number of anilines is 2. The minimum atomic E-state index is -0.977. The van der Waals surface area contributed by atoms with Crippen LogP contribution in [-0.4, -0.2) is 16.1 Å². The molecule has 1 unspecified atom stereocenters.